The van der Waals surface area contributed by atoms with Crippen LogP contribution in [-0.4, -0.2) is 10.2 Å². The molecular formula is C28H38N2. The Hall–Kier alpha value is -2.24. The molecule has 1 aromatic heterocycles. The van der Waals surface area contributed by atoms with Crippen molar-refractivity contribution in [2.45, 2.75) is 90.9 Å². The Kier molecular flexibility index (Phi) is 11.1. The molecule has 0 unspecified atom stereocenters. The Bertz CT molecular complexity index is 674. The van der Waals surface area contributed by atoms with Crippen LogP contribution in [0.25, 0.3) is 0 Å². The van der Waals surface area contributed by atoms with E-state index in [-0.39, 0.29) is 0 Å². The van der Waals surface area contributed by atoms with E-state index in [2.05, 4.69) is 60.6 Å². The fraction of sp³-hybridized carbons (Fsp3) is 0.643. The van der Waals surface area contributed by atoms with Gasteiger partial charge in [-0.2, -0.15) is 0 Å². The third-order valence-electron chi connectivity index (χ3n) is 6.56. The van der Waals surface area contributed by atoms with E-state index < -0.39 is 0 Å². The van der Waals surface area contributed by atoms with Gasteiger partial charge in [0.25, 0.3) is 0 Å². The molecule has 0 saturated heterocycles. The summed E-state index contributed by atoms with van der Waals surface area (Å²) in [6, 6.07) is 3.95. The molecule has 1 aromatic rings. The molecular weight excluding hydrogens is 364 g/mol. The summed E-state index contributed by atoms with van der Waals surface area (Å²) < 4.78 is 0. The SMILES string of the molecule is C#C.CCCC1CCC(C#Cc2ccc(C#CC3CCC(CCC)CC3)nn2)CC1. The van der Waals surface area contributed by atoms with E-state index in [1.807, 2.05) is 12.1 Å². The zero-order valence-electron chi connectivity index (χ0n) is 19.0. The first-order valence-corrected chi connectivity index (χ1v) is 12.0. The Morgan fingerprint density at radius 3 is 1.37 bits per heavy atom. The van der Waals surface area contributed by atoms with Crippen molar-refractivity contribution in [2.75, 3.05) is 0 Å². The second-order valence-electron chi connectivity index (χ2n) is 8.86. The molecule has 2 nitrogen and oxygen atoms in total. The number of hydrogen-bond acceptors (Lipinski definition) is 2. The summed E-state index contributed by atoms with van der Waals surface area (Å²) in [7, 11) is 0. The maximum absolute atomic E-state index is 4.28. The van der Waals surface area contributed by atoms with Crippen molar-refractivity contribution in [3.63, 3.8) is 0 Å². The number of nitrogens with zero attached hydrogens (tertiary/aromatic N) is 2. The van der Waals surface area contributed by atoms with Crippen molar-refractivity contribution in [3.8, 4) is 36.5 Å². The first kappa shape index (κ1) is 24.0. The molecule has 0 bridgehead atoms. The number of rotatable bonds is 4. The molecule has 2 saturated carbocycles. The van der Waals surface area contributed by atoms with E-state index in [9.17, 15) is 0 Å². The van der Waals surface area contributed by atoms with Crippen LogP contribution in [0.2, 0.25) is 0 Å². The van der Waals surface area contributed by atoms with Crippen LogP contribution >= 0.6 is 0 Å². The average molecular weight is 403 g/mol. The molecule has 0 spiro atoms. The molecule has 2 aliphatic rings. The van der Waals surface area contributed by atoms with E-state index in [4.69, 9.17) is 0 Å². The summed E-state index contributed by atoms with van der Waals surface area (Å²) in [4.78, 5) is 0. The van der Waals surface area contributed by atoms with Gasteiger partial charge in [-0.15, -0.1) is 23.0 Å². The summed E-state index contributed by atoms with van der Waals surface area (Å²) in [6.45, 7) is 4.58. The maximum Gasteiger partial charge on any atom is 0.135 e. The van der Waals surface area contributed by atoms with Crippen LogP contribution in [0.4, 0.5) is 0 Å². The van der Waals surface area contributed by atoms with Crippen LogP contribution in [0.1, 0.15) is 102 Å². The number of hydrogen-bond donors (Lipinski definition) is 0. The van der Waals surface area contributed by atoms with Crippen molar-refractivity contribution in [2.24, 2.45) is 23.7 Å². The highest BCUT2D eigenvalue weighted by Gasteiger charge is 2.19. The predicted molar refractivity (Wildman–Crippen MR) is 126 cm³/mol. The van der Waals surface area contributed by atoms with Gasteiger partial charge in [0.15, 0.2) is 0 Å². The molecule has 0 aliphatic heterocycles. The summed E-state index contributed by atoms with van der Waals surface area (Å²) in [5, 5.41) is 8.56. The van der Waals surface area contributed by atoms with Gasteiger partial charge >= 0.3 is 0 Å². The van der Waals surface area contributed by atoms with Crippen molar-refractivity contribution >= 4 is 0 Å². The monoisotopic (exact) mass is 402 g/mol. The fourth-order valence-electron chi connectivity index (χ4n) is 4.83. The van der Waals surface area contributed by atoms with Gasteiger partial charge in [0, 0.05) is 11.8 Å². The van der Waals surface area contributed by atoms with Gasteiger partial charge in [0.2, 0.25) is 0 Å². The zero-order valence-corrected chi connectivity index (χ0v) is 19.0. The maximum atomic E-state index is 4.28. The van der Waals surface area contributed by atoms with Gasteiger partial charge < -0.3 is 0 Å². The van der Waals surface area contributed by atoms with Crippen LogP contribution < -0.4 is 0 Å². The molecule has 0 amide bonds. The zero-order chi connectivity index (χ0) is 21.6. The second-order valence-corrected chi connectivity index (χ2v) is 8.86. The molecule has 2 heteroatoms. The predicted octanol–water partition coefficient (Wildman–Crippen LogP) is 6.64. The van der Waals surface area contributed by atoms with E-state index in [0.29, 0.717) is 11.8 Å². The lowest BCUT2D eigenvalue weighted by atomic mass is 9.80. The number of terminal acetylenes is 1. The van der Waals surface area contributed by atoms with Crippen molar-refractivity contribution in [1.29, 1.82) is 0 Å². The van der Waals surface area contributed by atoms with Crippen LogP contribution in [0.3, 0.4) is 0 Å². The molecule has 0 atom stereocenters. The molecule has 30 heavy (non-hydrogen) atoms. The standard InChI is InChI=1S/C26H36N2.C2H2/c1-3-5-21-7-11-23(12-8-21)15-17-25-19-20-26(28-27-25)18-16-24-13-9-22(6-4-2)10-14-24;1-2/h19-24H,3-14H2,1-2H3;1-2H. The van der Waals surface area contributed by atoms with Gasteiger partial charge in [-0.1, -0.05) is 51.4 Å². The van der Waals surface area contributed by atoms with Gasteiger partial charge in [0.05, 0.1) is 0 Å². The molecule has 2 aliphatic carbocycles. The van der Waals surface area contributed by atoms with Gasteiger partial charge in [0.1, 0.15) is 11.4 Å². The Labute approximate surface area is 185 Å². The van der Waals surface area contributed by atoms with E-state index >= 15 is 0 Å². The quantitative estimate of drug-likeness (QED) is 0.527. The van der Waals surface area contributed by atoms with Gasteiger partial charge in [-0.3, -0.25) is 0 Å². The van der Waals surface area contributed by atoms with Crippen LogP contribution in [0.5, 0.6) is 0 Å². The first-order valence-electron chi connectivity index (χ1n) is 12.0. The third kappa shape index (κ3) is 8.25. The summed E-state index contributed by atoms with van der Waals surface area (Å²) in [5.74, 6) is 16.3. The fourth-order valence-corrected chi connectivity index (χ4v) is 4.83. The molecule has 0 N–H and O–H groups in total. The molecule has 3 rings (SSSR count). The molecule has 0 radical (unpaired) electrons. The molecule has 160 valence electrons. The summed E-state index contributed by atoms with van der Waals surface area (Å²) in [5.41, 5.74) is 1.56. The Morgan fingerprint density at radius 1 is 0.700 bits per heavy atom. The highest BCUT2D eigenvalue weighted by Crippen LogP contribution is 2.32. The lowest BCUT2D eigenvalue weighted by Gasteiger charge is -2.25. The van der Waals surface area contributed by atoms with Gasteiger partial charge in [-0.05, 0) is 87.2 Å². The largest absolute Gasteiger partial charge is 0.141 e. The second kappa shape index (κ2) is 13.9. The lowest BCUT2D eigenvalue weighted by Crippen LogP contribution is -2.13. The number of aromatic nitrogens is 2. The normalized spacial score (nSPS) is 25.5. The third-order valence-corrected chi connectivity index (χ3v) is 6.56. The smallest absolute Gasteiger partial charge is 0.135 e. The van der Waals surface area contributed by atoms with E-state index in [0.717, 1.165) is 23.2 Å². The minimum atomic E-state index is 0.539. The minimum Gasteiger partial charge on any atom is -0.141 e. The molecule has 2 fully saturated rings. The summed E-state index contributed by atoms with van der Waals surface area (Å²) in [6.07, 6.45) is 23.7. The minimum absolute atomic E-state index is 0.539. The van der Waals surface area contributed by atoms with Crippen molar-refractivity contribution < 1.29 is 0 Å². The highest BCUT2D eigenvalue weighted by molar-refractivity contribution is 5.32. The molecule has 1 heterocycles. The van der Waals surface area contributed by atoms with E-state index in [1.165, 1.54) is 77.0 Å². The topological polar surface area (TPSA) is 25.8 Å². The van der Waals surface area contributed by atoms with Gasteiger partial charge in [-0.25, -0.2) is 0 Å². The van der Waals surface area contributed by atoms with Crippen LogP contribution in [0.15, 0.2) is 12.1 Å². The average Bonchev–Trinajstić information content (AvgIpc) is 2.81. The van der Waals surface area contributed by atoms with Crippen LogP contribution in [-0.2, 0) is 0 Å². The molecule has 0 aromatic carbocycles. The lowest BCUT2D eigenvalue weighted by molar-refractivity contribution is 0.300. The Morgan fingerprint density at radius 2 is 1.07 bits per heavy atom. The van der Waals surface area contributed by atoms with Crippen molar-refractivity contribution in [1.82, 2.24) is 10.2 Å². The Balaban J connectivity index is 0.00000155. The summed E-state index contributed by atoms with van der Waals surface area (Å²) >= 11 is 0. The van der Waals surface area contributed by atoms with Crippen molar-refractivity contribution in [3.05, 3.63) is 23.5 Å². The highest BCUT2D eigenvalue weighted by atomic mass is 15.1. The first-order chi connectivity index (χ1) is 14.8. The van der Waals surface area contributed by atoms with E-state index in [1.54, 1.807) is 0 Å². The van der Waals surface area contributed by atoms with Crippen LogP contribution in [0, 0.1) is 60.2 Å².